The second-order valence-corrected chi connectivity index (χ2v) is 6.65. The molecule has 0 heterocycles. The summed E-state index contributed by atoms with van der Waals surface area (Å²) in [5, 5.41) is 16.2. The average Bonchev–Trinajstić information content (AvgIpc) is 2.68. The number of nitro benzene ring substituents is 1. The van der Waals surface area contributed by atoms with Crippen LogP contribution in [0.25, 0.3) is 0 Å². The first-order valence-electron chi connectivity index (χ1n) is 8.57. The molecule has 0 aliphatic rings. The summed E-state index contributed by atoms with van der Waals surface area (Å²) in [4.78, 5) is 35.5. The van der Waals surface area contributed by atoms with E-state index in [4.69, 9.17) is 11.6 Å². The van der Waals surface area contributed by atoms with Crippen molar-refractivity contribution in [3.05, 3.63) is 98.6 Å². The van der Waals surface area contributed by atoms with E-state index in [1.807, 2.05) is 25.1 Å². The highest BCUT2D eigenvalue weighted by Gasteiger charge is 2.18. The van der Waals surface area contributed by atoms with E-state index in [9.17, 15) is 19.7 Å². The Balaban J connectivity index is 1.83. The zero-order valence-electron chi connectivity index (χ0n) is 15.3. The van der Waals surface area contributed by atoms with Gasteiger partial charge in [0.05, 0.1) is 26.8 Å². The van der Waals surface area contributed by atoms with Gasteiger partial charge in [0.25, 0.3) is 17.5 Å². The lowest BCUT2D eigenvalue weighted by molar-refractivity contribution is -0.384. The Morgan fingerprint density at radius 3 is 2.31 bits per heavy atom. The number of benzene rings is 3. The number of aryl methyl sites for hydroxylation is 1. The molecule has 0 saturated carbocycles. The standard InChI is InChI=1S/C21H16ClN3O4/c1-13-5-4-6-14(11-13)23-21(27)17-7-2-3-8-19(17)24-20(26)16-10-9-15(25(28)29)12-18(16)22/h2-12H,1H3,(H,23,27)(H,24,26). The van der Waals surface area contributed by atoms with Crippen LogP contribution in [0.2, 0.25) is 5.02 Å². The zero-order chi connectivity index (χ0) is 21.0. The third-order valence-corrected chi connectivity index (χ3v) is 4.42. The van der Waals surface area contributed by atoms with Gasteiger partial charge in [-0.25, -0.2) is 0 Å². The summed E-state index contributed by atoms with van der Waals surface area (Å²) in [5.41, 5.74) is 2.03. The van der Waals surface area contributed by atoms with Crippen LogP contribution in [0, 0.1) is 17.0 Å². The van der Waals surface area contributed by atoms with Crippen molar-refractivity contribution >= 4 is 40.5 Å². The van der Waals surface area contributed by atoms with E-state index in [1.165, 1.54) is 12.1 Å². The summed E-state index contributed by atoms with van der Waals surface area (Å²) in [5.74, 6) is -0.970. The van der Waals surface area contributed by atoms with E-state index in [-0.39, 0.29) is 33.4 Å². The first-order valence-corrected chi connectivity index (χ1v) is 8.95. The fourth-order valence-corrected chi connectivity index (χ4v) is 2.96. The molecular weight excluding hydrogens is 394 g/mol. The molecular formula is C21H16ClN3O4. The molecule has 0 aliphatic heterocycles. The van der Waals surface area contributed by atoms with Crippen molar-refractivity contribution in [3.8, 4) is 0 Å². The Morgan fingerprint density at radius 1 is 0.897 bits per heavy atom. The molecule has 7 nitrogen and oxygen atoms in total. The molecule has 0 saturated heterocycles. The summed E-state index contributed by atoms with van der Waals surface area (Å²) in [6.45, 7) is 1.91. The highest BCUT2D eigenvalue weighted by Crippen LogP contribution is 2.24. The quantitative estimate of drug-likeness (QED) is 0.454. The van der Waals surface area contributed by atoms with E-state index in [0.29, 0.717) is 5.69 Å². The van der Waals surface area contributed by atoms with Crippen LogP contribution in [0.1, 0.15) is 26.3 Å². The Labute approximate surface area is 171 Å². The second kappa shape index (κ2) is 8.53. The van der Waals surface area contributed by atoms with Crippen LogP contribution in [0.15, 0.2) is 66.7 Å². The summed E-state index contributed by atoms with van der Waals surface area (Å²) >= 11 is 6.01. The van der Waals surface area contributed by atoms with Crippen molar-refractivity contribution in [2.45, 2.75) is 6.92 Å². The predicted molar refractivity (Wildman–Crippen MR) is 112 cm³/mol. The van der Waals surface area contributed by atoms with Gasteiger partial charge in [0.1, 0.15) is 0 Å². The lowest BCUT2D eigenvalue weighted by Crippen LogP contribution is -2.18. The first-order chi connectivity index (χ1) is 13.8. The minimum absolute atomic E-state index is 0.0570. The van der Waals surface area contributed by atoms with E-state index in [1.54, 1.807) is 30.3 Å². The number of nitro groups is 1. The van der Waals surface area contributed by atoms with Gasteiger partial charge in [0, 0.05) is 17.8 Å². The van der Waals surface area contributed by atoms with Crippen LogP contribution in [-0.4, -0.2) is 16.7 Å². The van der Waals surface area contributed by atoms with Crippen molar-refractivity contribution in [1.29, 1.82) is 0 Å². The average molecular weight is 410 g/mol. The molecule has 0 radical (unpaired) electrons. The highest BCUT2D eigenvalue weighted by molar-refractivity contribution is 6.34. The van der Waals surface area contributed by atoms with Gasteiger partial charge in [-0.1, -0.05) is 35.9 Å². The van der Waals surface area contributed by atoms with Crippen molar-refractivity contribution in [3.63, 3.8) is 0 Å². The first kappa shape index (κ1) is 20.0. The Morgan fingerprint density at radius 2 is 1.62 bits per heavy atom. The lowest BCUT2D eigenvalue weighted by atomic mass is 10.1. The summed E-state index contributed by atoms with van der Waals surface area (Å²) in [6, 6.07) is 17.4. The molecule has 0 atom stereocenters. The molecule has 8 heteroatoms. The third kappa shape index (κ3) is 4.77. The molecule has 3 rings (SSSR count). The maximum atomic E-state index is 12.7. The van der Waals surface area contributed by atoms with Crippen LogP contribution < -0.4 is 10.6 Å². The normalized spacial score (nSPS) is 10.3. The van der Waals surface area contributed by atoms with Crippen molar-refractivity contribution < 1.29 is 14.5 Å². The minimum Gasteiger partial charge on any atom is -0.322 e. The number of para-hydroxylation sites is 1. The number of rotatable bonds is 5. The number of nitrogens with zero attached hydrogens (tertiary/aromatic N) is 1. The highest BCUT2D eigenvalue weighted by atomic mass is 35.5. The molecule has 0 aliphatic carbocycles. The number of hydrogen-bond acceptors (Lipinski definition) is 4. The van der Waals surface area contributed by atoms with Crippen molar-refractivity contribution in [1.82, 2.24) is 0 Å². The smallest absolute Gasteiger partial charge is 0.270 e. The van der Waals surface area contributed by atoms with Gasteiger partial charge in [0.2, 0.25) is 0 Å². The Bertz CT molecular complexity index is 1110. The largest absolute Gasteiger partial charge is 0.322 e. The number of non-ortho nitro benzene ring substituents is 1. The summed E-state index contributed by atoms with van der Waals surface area (Å²) in [6.07, 6.45) is 0. The molecule has 3 aromatic rings. The molecule has 3 aromatic carbocycles. The number of hydrogen-bond donors (Lipinski definition) is 2. The zero-order valence-corrected chi connectivity index (χ0v) is 16.1. The van der Waals surface area contributed by atoms with Gasteiger partial charge in [-0.15, -0.1) is 0 Å². The molecule has 0 aromatic heterocycles. The predicted octanol–water partition coefficient (Wildman–Crippen LogP) is 5.06. The number of anilines is 2. The molecule has 0 spiro atoms. The van der Waals surface area contributed by atoms with E-state index < -0.39 is 10.8 Å². The van der Waals surface area contributed by atoms with Gasteiger partial charge in [-0.05, 0) is 42.8 Å². The van der Waals surface area contributed by atoms with Crippen LogP contribution in [-0.2, 0) is 0 Å². The van der Waals surface area contributed by atoms with Gasteiger partial charge in [0.15, 0.2) is 0 Å². The van der Waals surface area contributed by atoms with Gasteiger partial charge >= 0.3 is 0 Å². The van der Waals surface area contributed by atoms with Crippen LogP contribution in [0.5, 0.6) is 0 Å². The molecule has 2 N–H and O–H groups in total. The molecule has 29 heavy (non-hydrogen) atoms. The monoisotopic (exact) mass is 409 g/mol. The second-order valence-electron chi connectivity index (χ2n) is 6.24. The van der Waals surface area contributed by atoms with E-state index >= 15 is 0 Å². The maximum absolute atomic E-state index is 12.7. The lowest BCUT2D eigenvalue weighted by Gasteiger charge is -2.12. The number of halogens is 1. The summed E-state index contributed by atoms with van der Waals surface area (Å²) in [7, 11) is 0. The number of carbonyl (C=O) groups excluding carboxylic acids is 2. The van der Waals surface area contributed by atoms with Crippen molar-refractivity contribution in [2.75, 3.05) is 10.6 Å². The van der Waals surface area contributed by atoms with Gasteiger partial charge in [-0.3, -0.25) is 19.7 Å². The summed E-state index contributed by atoms with van der Waals surface area (Å²) < 4.78 is 0. The van der Waals surface area contributed by atoms with Crippen molar-refractivity contribution in [2.24, 2.45) is 0 Å². The van der Waals surface area contributed by atoms with Crippen LogP contribution in [0.3, 0.4) is 0 Å². The van der Waals surface area contributed by atoms with Crippen LogP contribution in [0.4, 0.5) is 17.1 Å². The Kier molecular flexibility index (Phi) is 5.90. The Hall–Kier alpha value is -3.71. The molecule has 0 bridgehead atoms. The molecule has 146 valence electrons. The number of amides is 2. The SMILES string of the molecule is Cc1cccc(NC(=O)c2ccccc2NC(=O)c2ccc([N+](=O)[O-])cc2Cl)c1. The van der Waals surface area contributed by atoms with Gasteiger partial charge < -0.3 is 10.6 Å². The van der Waals surface area contributed by atoms with E-state index in [0.717, 1.165) is 11.6 Å². The number of carbonyl (C=O) groups is 2. The van der Waals surface area contributed by atoms with Gasteiger partial charge in [-0.2, -0.15) is 0 Å². The fraction of sp³-hybridized carbons (Fsp3) is 0.0476. The van der Waals surface area contributed by atoms with E-state index in [2.05, 4.69) is 10.6 Å². The number of nitrogens with one attached hydrogen (secondary N) is 2. The third-order valence-electron chi connectivity index (χ3n) is 4.10. The fourth-order valence-electron chi connectivity index (χ4n) is 2.70. The van der Waals surface area contributed by atoms with Crippen LogP contribution >= 0.6 is 11.6 Å². The topological polar surface area (TPSA) is 101 Å². The molecule has 2 amide bonds. The molecule has 0 unspecified atom stereocenters. The maximum Gasteiger partial charge on any atom is 0.270 e. The minimum atomic E-state index is -0.599. The molecule has 0 fully saturated rings.